The minimum atomic E-state index is -4.65. The van der Waals surface area contributed by atoms with E-state index in [2.05, 4.69) is 25.1 Å². The Kier molecular flexibility index (Phi) is 5.64. The highest BCUT2D eigenvalue weighted by molar-refractivity contribution is 5.90. The van der Waals surface area contributed by atoms with Crippen molar-refractivity contribution in [2.24, 2.45) is 7.05 Å². The number of rotatable bonds is 6. The molecule has 0 bridgehead atoms. The fourth-order valence-electron chi connectivity index (χ4n) is 1.97. The van der Waals surface area contributed by atoms with Crippen LogP contribution in [0.4, 0.5) is 13.2 Å². The van der Waals surface area contributed by atoms with Gasteiger partial charge in [0.05, 0.1) is 45.6 Å². The molecular formula is C13H15F3N6O3. The van der Waals surface area contributed by atoms with E-state index in [0.29, 0.717) is 0 Å². The summed E-state index contributed by atoms with van der Waals surface area (Å²) in [6.45, 7) is -0.189. The van der Waals surface area contributed by atoms with Crippen molar-refractivity contribution in [2.75, 3.05) is 14.2 Å². The molecule has 0 radical (unpaired) electrons. The highest BCUT2D eigenvalue weighted by Gasteiger charge is 2.34. The van der Waals surface area contributed by atoms with E-state index in [-0.39, 0.29) is 30.2 Å². The Bertz CT molecular complexity index is 749. The summed E-state index contributed by atoms with van der Waals surface area (Å²) in [7, 11) is 4.01. The third kappa shape index (κ3) is 4.70. The van der Waals surface area contributed by atoms with E-state index in [9.17, 15) is 18.0 Å². The van der Waals surface area contributed by atoms with Crippen LogP contribution in [0.25, 0.3) is 0 Å². The van der Waals surface area contributed by atoms with Gasteiger partial charge in [-0.25, -0.2) is 9.78 Å². The number of aryl methyl sites for hydroxylation is 1. The van der Waals surface area contributed by atoms with Crippen molar-refractivity contribution >= 4 is 5.97 Å². The summed E-state index contributed by atoms with van der Waals surface area (Å²) in [5.41, 5.74) is -1.36. The fraction of sp³-hybridized carbons (Fsp3) is 0.462. The SMILES string of the molecule is COC(=O)c1ccc(C(F)(F)F)nc1CN(Cc1nnn(C)n1)OC. The van der Waals surface area contributed by atoms with Crippen LogP contribution in [0.2, 0.25) is 0 Å². The van der Waals surface area contributed by atoms with E-state index < -0.39 is 17.8 Å². The van der Waals surface area contributed by atoms with E-state index in [4.69, 9.17) is 4.84 Å². The van der Waals surface area contributed by atoms with Gasteiger partial charge in [0, 0.05) is 0 Å². The zero-order valence-electron chi connectivity index (χ0n) is 13.6. The predicted octanol–water partition coefficient (Wildman–Crippen LogP) is 0.974. The fourth-order valence-corrected chi connectivity index (χ4v) is 1.97. The molecule has 2 heterocycles. The second-order valence-electron chi connectivity index (χ2n) is 4.86. The summed E-state index contributed by atoms with van der Waals surface area (Å²) in [4.78, 5) is 21.7. The topological polar surface area (TPSA) is 95.3 Å². The molecule has 2 aromatic heterocycles. The zero-order chi connectivity index (χ0) is 18.6. The number of aromatic nitrogens is 5. The van der Waals surface area contributed by atoms with Gasteiger partial charge in [0.15, 0.2) is 5.82 Å². The maximum absolute atomic E-state index is 12.9. The van der Waals surface area contributed by atoms with Crippen LogP contribution in [0, 0.1) is 0 Å². The van der Waals surface area contributed by atoms with Crippen LogP contribution in [0.15, 0.2) is 12.1 Å². The van der Waals surface area contributed by atoms with Crippen LogP contribution >= 0.6 is 0 Å². The third-order valence-electron chi connectivity index (χ3n) is 3.12. The molecule has 0 aliphatic heterocycles. The number of ether oxygens (including phenoxy) is 1. The highest BCUT2D eigenvalue weighted by Crippen LogP contribution is 2.28. The quantitative estimate of drug-likeness (QED) is 0.556. The molecule has 136 valence electrons. The minimum Gasteiger partial charge on any atom is -0.465 e. The van der Waals surface area contributed by atoms with Gasteiger partial charge in [0.1, 0.15) is 5.69 Å². The summed E-state index contributed by atoms with van der Waals surface area (Å²) in [6.07, 6.45) is -4.65. The average Bonchev–Trinajstić information content (AvgIpc) is 2.97. The number of halogens is 3. The molecule has 0 aromatic carbocycles. The normalized spacial score (nSPS) is 11.8. The van der Waals surface area contributed by atoms with Gasteiger partial charge in [0.2, 0.25) is 0 Å². The molecule has 2 aromatic rings. The maximum Gasteiger partial charge on any atom is 0.433 e. The van der Waals surface area contributed by atoms with Crippen molar-refractivity contribution in [2.45, 2.75) is 19.3 Å². The van der Waals surface area contributed by atoms with Gasteiger partial charge in [-0.05, 0) is 17.3 Å². The van der Waals surface area contributed by atoms with E-state index in [1.165, 1.54) is 17.0 Å². The molecule has 0 spiro atoms. The smallest absolute Gasteiger partial charge is 0.433 e. The summed E-state index contributed by atoms with van der Waals surface area (Å²) in [6, 6.07) is 1.74. The molecule has 0 unspecified atom stereocenters. The molecule has 25 heavy (non-hydrogen) atoms. The van der Waals surface area contributed by atoms with Gasteiger partial charge >= 0.3 is 12.1 Å². The number of alkyl halides is 3. The first-order valence-corrected chi connectivity index (χ1v) is 6.92. The molecular weight excluding hydrogens is 345 g/mol. The Morgan fingerprint density at radius 2 is 2.00 bits per heavy atom. The van der Waals surface area contributed by atoms with Crippen molar-refractivity contribution < 1.29 is 27.5 Å². The number of hydrogen-bond donors (Lipinski definition) is 0. The van der Waals surface area contributed by atoms with E-state index in [0.717, 1.165) is 19.2 Å². The number of tetrazole rings is 1. The number of methoxy groups -OCH3 is 1. The minimum absolute atomic E-state index is 0.0306. The van der Waals surface area contributed by atoms with Crippen LogP contribution in [-0.2, 0) is 35.9 Å². The predicted molar refractivity (Wildman–Crippen MR) is 75.6 cm³/mol. The van der Waals surface area contributed by atoms with Gasteiger partial charge in [-0.3, -0.25) is 0 Å². The maximum atomic E-state index is 12.9. The standard InChI is InChI=1S/C13H15F3N6O3/c1-21-19-11(18-20-21)7-22(25-3)6-9-8(12(23)24-2)4-5-10(17-9)13(14,15)16/h4-5H,6-7H2,1-3H3. The first-order valence-electron chi connectivity index (χ1n) is 6.92. The lowest BCUT2D eigenvalue weighted by Crippen LogP contribution is -2.25. The molecule has 0 aliphatic rings. The lowest BCUT2D eigenvalue weighted by atomic mass is 10.1. The number of carbonyl (C=O) groups excluding carboxylic acids is 1. The van der Waals surface area contributed by atoms with Gasteiger partial charge in [-0.2, -0.15) is 23.0 Å². The molecule has 0 atom stereocenters. The first kappa shape index (κ1) is 18.7. The van der Waals surface area contributed by atoms with Gasteiger partial charge in [-0.1, -0.05) is 0 Å². The molecule has 0 fully saturated rings. The third-order valence-corrected chi connectivity index (χ3v) is 3.12. The molecule has 0 saturated carbocycles. The second kappa shape index (κ2) is 7.53. The van der Waals surface area contributed by atoms with Crippen molar-refractivity contribution in [1.82, 2.24) is 30.3 Å². The Hall–Kier alpha value is -2.60. The van der Waals surface area contributed by atoms with Crippen molar-refractivity contribution in [1.29, 1.82) is 0 Å². The molecule has 0 saturated heterocycles. The Balaban J connectivity index is 2.31. The van der Waals surface area contributed by atoms with Gasteiger partial charge < -0.3 is 9.57 Å². The molecule has 0 aliphatic carbocycles. The second-order valence-corrected chi connectivity index (χ2v) is 4.86. The lowest BCUT2D eigenvalue weighted by Gasteiger charge is -2.19. The van der Waals surface area contributed by atoms with Gasteiger partial charge in [-0.15, -0.1) is 10.2 Å². The summed E-state index contributed by atoms with van der Waals surface area (Å²) in [5.74, 6) is -0.513. The Labute approximate surface area is 140 Å². The van der Waals surface area contributed by atoms with Crippen LogP contribution in [0.3, 0.4) is 0 Å². The van der Waals surface area contributed by atoms with E-state index in [1.54, 1.807) is 7.05 Å². The number of hydrogen-bond acceptors (Lipinski definition) is 8. The molecule has 0 amide bonds. The Morgan fingerprint density at radius 3 is 2.52 bits per heavy atom. The monoisotopic (exact) mass is 360 g/mol. The number of esters is 1. The van der Waals surface area contributed by atoms with Crippen molar-refractivity contribution in [3.05, 3.63) is 34.9 Å². The highest BCUT2D eigenvalue weighted by atomic mass is 19.4. The van der Waals surface area contributed by atoms with Crippen molar-refractivity contribution in [3.63, 3.8) is 0 Å². The van der Waals surface area contributed by atoms with E-state index in [1.807, 2.05) is 0 Å². The molecule has 0 N–H and O–H groups in total. The summed E-state index contributed by atoms with van der Waals surface area (Å²) >= 11 is 0. The summed E-state index contributed by atoms with van der Waals surface area (Å²) in [5, 5.41) is 12.6. The van der Waals surface area contributed by atoms with Crippen LogP contribution in [-0.4, -0.2) is 50.4 Å². The zero-order valence-corrected chi connectivity index (χ0v) is 13.6. The van der Waals surface area contributed by atoms with Crippen LogP contribution < -0.4 is 0 Å². The Morgan fingerprint density at radius 1 is 1.28 bits per heavy atom. The molecule has 12 heteroatoms. The number of hydroxylamine groups is 2. The summed E-state index contributed by atoms with van der Waals surface area (Å²) < 4.78 is 43.3. The molecule has 9 nitrogen and oxygen atoms in total. The number of carbonyl (C=O) groups is 1. The lowest BCUT2D eigenvalue weighted by molar-refractivity contribution is -0.151. The largest absolute Gasteiger partial charge is 0.465 e. The van der Waals surface area contributed by atoms with Crippen LogP contribution in [0.5, 0.6) is 0 Å². The van der Waals surface area contributed by atoms with Crippen LogP contribution in [0.1, 0.15) is 27.6 Å². The number of pyridine rings is 1. The number of nitrogens with zero attached hydrogens (tertiary/aromatic N) is 6. The average molecular weight is 360 g/mol. The van der Waals surface area contributed by atoms with E-state index >= 15 is 0 Å². The van der Waals surface area contributed by atoms with Gasteiger partial charge in [0.25, 0.3) is 0 Å². The van der Waals surface area contributed by atoms with Crippen molar-refractivity contribution in [3.8, 4) is 0 Å². The first-order chi connectivity index (χ1) is 11.7. The molecule has 2 rings (SSSR count).